The lowest BCUT2D eigenvalue weighted by atomic mass is 9.91. The number of rotatable bonds is 0. The van der Waals surface area contributed by atoms with Crippen molar-refractivity contribution in [2.45, 2.75) is 6.92 Å². The second-order valence-electron chi connectivity index (χ2n) is 4.27. The summed E-state index contributed by atoms with van der Waals surface area (Å²) >= 11 is 0. The van der Waals surface area contributed by atoms with Crippen LogP contribution in [-0.4, -0.2) is 7.85 Å². The van der Waals surface area contributed by atoms with Crippen molar-refractivity contribution in [3.63, 3.8) is 0 Å². The molecule has 0 spiro atoms. The van der Waals surface area contributed by atoms with E-state index in [2.05, 4.69) is 43.3 Å². The minimum absolute atomic E-state index is 0.819. The molecule has 16 heavy (non-hydrogen) atoms. The van der Waals surface area contributed by atoms with Gasteiger partial charge in [-0.05, 0) is 28.5 Å². The summed E-state index contributed by atoms with van der Waals surface area (Å²) < 4.78 is 0. The molecule has 0 aliphatic heterocycles. The lowest BCUT2D eigenvalue weighted by Crippen LogP contribution is -1.99. The van der Waals surface area contributed by atoms with Gasteiger partial charge < -0.3 is 0 Å². The third kappa shape index (κ3) is 1.40. The van der Waals surface area contributed by atoms with Gasteiger partial charge in [-0.2, -0.15) is 0 Å². The van der Waals surface area contributed by atoms with Crippen LogP contribution in [0.5, 0.6) is 0 Å². The summed E-state index contributed by atoms with van der Waals surface area (Å²) in [6.07, 6.45) is 0. The van der Waals surface area contributed by atoms with Gasteiger partial charge in [-0.15, -0.1) is 0 Å². The fourth-order valence-electron chi connectivity index (χ4n) is 2.19. The number of fused-ring (bicyclic) bond motifs is 3. The van der Waals surface area contributed by atoms with Gasteiger partial charge in [0.25, 0.3) is 0 Å². The van der Waals surface area contributed by atoms with E-state index in [4.69, 9.17) is 7.85 Å². The molecule has 0 aliphatic rings. The Bertz CT molecular complexity index is 683. The predicted octanol–water partition coefficient (Wildman–Crippen LogP) is 3.10. The quantitative estimate of drug-likeness (QED) is 0.388. The molecule has 3 rings (SSSR count). The van der Waals surface area contributed by atoms with Gasteiger partial charge in [0.05, 0.1) is 0 Å². The largest absolute Gasteiger partial charge is 0.113 e. The fraction of sp³-hybridized carbons (Fsp3) is 0.0667. The molecule has 0 saturated carbocycles. The van der Waals surface area contributed by atoms with Crippen molar-refractivity contribution in [1.29, 1.82) is 0 Å². The Morgan fingerprint density at radius 3 is 2.38 bits per heavy atom. The van der Waals surface area contributed by atoms with Gasteiger partial charge in [0.1, 0.15) is 7.85 Å². The number of aryl methyl sites for hydroxylation is 1. The summed E-state index contributed by atoms with van der Waals surface area (Å²) in [6.45, 7) is 2.12. The van der Waals surface area contributed by atoms with Crippen molar-refractivity contribution in [2.24, 2.45) is 0 Å². The molecular weight excluding hydrogens is 191 g/mol. The molecule has 0 fully saturated rings. The highest BCUT2D eigenvalue weighted by atomic mass is 14.0. The molecule has 0 amide bonds. The Morgan fingerprint density at radius 1 is 0.750 bits per heavy atom. The first-order chi connectivity index (χ1) is 7.74. The van der Waals surface area contributed by atoms with E-state index >= 15 is 0 Å². The minimum atomic E-state index is 0.819. The predicted molar refractivity (Wildman–Crippen MR) is 71.6 cm³/mol. The van der Waals surface area contributed by atoms with Crippen LogP contribution in [0.2, 0.25) is 0 Å². The van der Waals surface area contributed by atoms with Crippen LogP contribution in [0.15, 0.2) is 48.5 Å². The van der Waals surface area contributed by atoms with E-state index in [0.717, 1.165) is 5.46 Å². The van der Waals surface area contributed by atoms with E-state index < -0.39 is 0 Å². The Kier molecular flexibility index (Phi) is 2.00. The SMILES string of the molecule is [B]c1ccc2c(ccc3ccc(C)cc32)c1. The van der Waals surface area contributed by atoms with E-state index in [0.29, 0.717) is 0 Å². The van der Waals surface area contributed by atoms with Gasteiger partial charge in [0, 0.05) is 0 Å². The zero-order chi connectivity index (χ0) is 11.1. The van der Waals surface area contributed by atoms with Crippen LogP contribution in [0.3, 0.4) is 0 Å². The van der Waals surface area contributed by atoms with Crippen LogP contribution in [0.1, 0.15) is 5.56 Å². The van der Waals surface area contributed by atoms with Crippen LogP contribution in [-0.2, 0) is 0 Å². The highest BCUT2D eigenvalue weighted by Crippen LogP contribution is 2.25. The second-order valence-corrected chi connectivity index (χ2v) is 4.27. The van der Waals surface area contributed by atoms with Crippen molar-refractivity contribution in [3.05, 3.63) is 54.1 Å². The van der Waals surface area contributed by atoms with Crippen LogP contribution in [0.4, 0.5) is 0 Å². The minimum Gasteiger partial charge on any atom is -0.0960 e. The summed E-state index contributed by atoms with van der Waals surface area (Å²) in [4.78, 5) is 0. The Hall–Kier alpha value is -1.76. The van der Waals surface area contributed by atoms with Gasteiger partial charge in [-0.3, -0.25) is 0 Å². The Morgan fingerprint density at radius 2 is 1.50 bits per heavy atom. The summed E-state index contributed by atoms with van der Waals surface area (Å²) in [5.41, 5.74) is 2.11. The molecule has 0 aliphatic carbocycles. The Labute approximate surface area is 96.3 Å². The summed E-state index contributed by atoms with van der Waals surface area (Å²) in [5, 5.41) is 5.06. The number of benzene rings is 3. The zero-order valence-electron chi connectivity index (χ0n) is 9.20. The van der Waals surface area contributed by atoms with Crippen molar-refractivity contribution in [2.75, 3.05) is 0 Å². The van der Waals surface area contributed by atoms with E-state index in [1.54, 1.807) is 0 Å². The summed E-state index contributed by atoms with van der Waals surface area (Å²) in [6, 6.07) is 16.9. The lowest BCUT2D eigenvalue weighted by molar-refractivity contribution is 1.51. The molecule has 2 radical (unpaired) electrons. The smallest absolute Gasteiger partial charge is 0.0960 e. The molecule has 0 bridgehead atoms. The van der Waals surface area contributed by atoms with Crippen molar-refractivity contribution in [1.82, 2.24) is 0 Å². The highest BCUT2D eigenvalue weighted by molar-refractivity contribution is 6.33. The number of hydrogen-bond acceptors (Lipinski definition) is 0. The van der Waals surface area contributed by atoms with E-state index in [1.807, 2.05) is 12.1 Å². The molecule has 0 atom stereocenters. The van der Waals surface area contributed by atoms with Crippen molar-refractivity contribution >= 4 is 34.9 Å². The fourth-order valence-corrected chi connectivity index (χ4v) is 2.19. The summed E-state index contributed by atoms with van der Waals surface area (Å²) in [5.74, 6) is 0. The molecule has 74 valence electrons. The second kappa shape index (κ2) is 3.38. The standard InChI is InChI=1S/C15H11B/c1-10-2-3-11-4-5-12-9-13(16)6-7-14(12)15(11)8-10/h2-9H,1H3. The Balaban J connectivity index is 2.52. The maximum atomic E-state index is 5.80. The summed E-state index contributed by atoms with van der Waals surface area (Å²) in [7, 11) is 5.80. The molecule has 3 aromatic carbocycles. The molecule has 0 heterocycles. The van der Waals surface area contributed by atoms with Crippen molar-refractivity contribution < 1.29 is 0 Å². The van der Waals surface area contributed by atoms with Gasteiger partial charge in [-0.1, -0.05) is 59.6 Å². The van der Waals surface area contributed by atoms with Gasteiger partial charge in [0.15, 0.2) is 0 Å². The van der Waals surface area contributed by atoms with Gasteiger partial charge in [0.2, 0.25) is 0 Å². The van der Waals surface area contributed by atoms with Crippen LogP contribution >= 0.6 is 0 Å². The molecule has 0 saturated heterocycles. The first kappa shape index (κ1) is 9.47. The van der Waals surface area contributed by atoms with E-state index in [9.17, 15) is 0 Å². The first-order valence-electron chi connectivity index (χ1n) is 5.43. The van der Waals surface area contributed by atoms with Gasteiger partial charge >= 0.3 is 0 Å². The zero-order valence-corrected chi connectivity index (χ0v) is 9.20. The van der Waals surface area contributed by atoms with E-state index in [1.165, 1.54) is 27.1 Å². The maximum absolute atomic E-state index is 5.80. The van der Waals surface area contributed by atoms with Crippen LogP contribution in [0, 0.1) is 6.92 Å². The molecular formula is C15H11B. The molecule has 3 aromatic rings. The first-order valence-corrected chi connectivity index (χ1v) is 5.43. The monoisotopic (exact) mass is 202 g/mol. The molecule has 0 unspecified atom stereocenters. The maximum Gasteiger partial charge on any atom is 0.113 e. The van der Waals surface area contributed by atoms with Crippen molar-refractivity contribution in [3.8, 4) is 0 Å². The average Bonchev–Trinajstić information content (AvgIpc) is 2.28. The average molecular weight is 202 g/mol. The third-order valence-corrected chi connectivity index (χ3v) is 3.02. The van der Waals surface area contributed by atoms with Crippen LogP contribution < -0.4 is 5.46 Å². The molecule has 0 aromatic heterocycles. The topological polar surface area (TPSA) is 0 Å². The third-order valence-electron chi connectivity index (χ3n) is 3.02. The van der Waals surface area contributed by atoms with Crippen LogP contribution in [0.25, 0.3) is 21.5 Å². The normalized spacial score (nSPS) is 11.1. The molecule has 0 N–H and O–H groups in total. The lowest BCUT2D eigenvalue weighted by Gasteiger charge is -2.05. The highest BCUT2D eigenvalue weighted by Gasteiger charge is 2.00. The van der Waals surface area contributed by atoms with Gasteiger partial charge in [-0.25, -0.2) is 0 Å². The molecule has 1 heteroatoms. The number of hydrogen-bond donors (Lipinski definition) is 0. The molecule has 0 nitrogen and oxygen atoms in total. The van der Waals surface area contributed by atoms with E-state index in [-0.39, 0.29) is 0 Å².